The van der Waals surface area contributed by atoms with Gasteiger partial charge in [0.2, 0.25) is 29.4 Å². The fourth-order valence-corrected chi connectivity index (χ4v) is 11.0. The predicted molar refractivity (Wildman–Crippen MR) is 206 cm³/mol. The van der Waals surface area contributed by atoms with Crippen molar-refractivity contribution in [2.45, 2.75) is 169 Å². The maximum atomic E-state index is 15.1. The smallest absolute Gasteiger partial charge is 0.289 e. The topological polar surface area (TPSA) is 157 Å². The second-order valence-electron chi connectivity index (χ2n) is 19.4. The molecule has 12 heteroatoms. The molecule has 6 rings (SSSR count). The van der Waals surface area contributed by atoms with Crippen LogP contribution in [0.25, 0.3) is 0 Å². The van der Waals surface area contributed by atoms with Gasteiger partial charge in [0.15, 0.2) is 0 Å². The highest BCUT2D eigenvalue weighted by Gasteiger charge is 2.85. The summed E-state index contributed by atoms with van der Waals surface area (Å²) in [5.41, 5.74) is -1.02. The molecule has 2 saturated heterocycles. The zero-order valence-electron chi connectivity index (χ0n) is 34.1. The second kappa shape index (κ2) is 15.5. The van der Waals surface area contributed by atoms with Crippen molar-refractivity contribution in [1.82, 2.24) is 31.1 Å². The molecule has 4 saturated carbocycles. The molecule has 0 aromatic rings. The predicted octanol–water partition coefficient (Wildman–Crippen LogP) is 3.85. The molecule has 2 spiro atoms. The van der Waals surface area contributed by atoms with Crippen LogP contribution in [0.1, 0.15) is 138 Å². The molecule has 0 radical (unpaired) electrons. The van der Waals surface area contributed by atoms with Crippen LogP contribution in [0, 0.1) is 33.5 Å². The van der Waals surface area contributed by atoms with Crippen LogP contribution in [0.2, 0.25) is 0 Å². The standard InChI is InChI=1S/C42H68N6O6/c1-8-14-29(32(49)37(53)43-28-17-18-28)44-35(51)30-23-42(40(6,7)41(42)20-13-21-41)25-48(30)38(54)33(39(3,4)5)46-36(52)31(26-15-11-10-12-16-26)45-34(50)27-19-22-47(9-2)24-27/h26-31,33H,8-25H2,1-7H3,(H,43,53)(H,44,51)(H,45,50)(H,46,52)/t27-,29-,30-,31?,33+,42+/m0/s1. The number of nitrogens with zero attached hydrogens (tertiary/aromatic N) is 2. The summed E-state index contributed by atoms with van der Waals surface area (Å²) >= 11 is 0. The van der Waals surface area contributed by atoms with Gasteiger partial charge in [-0.15, -0.1) is 0 Å². The number of carbonyl (C=O) groups is 6. The van der Waals surface area contributed by atoms with E-state index in [4.69, 9.17) is 0 Å². The molecule has 4 N–H and O–H groups in total. The number of carbonyl (C=O) groups excluding carboxylic acids is 6. The summed E-state index contributed by atoms with van der Waals surface area (Å²) in [6, 6.07) is -3.53. The van der Waals surface area contributed by atoms with Crippen molar-refractivity contribution in [1.29, 1.82) is 0 Å². The van der Waals surface area contributed by atoms with Gasteiger partial charge in [0, 0.05) is 24.5 Å². The van der Waals surface area contributed by atoms with Crippen molar-refractivity contribution in [3.8, 4) is 0 Å². The van der Waals surface area contributed by atoms with Crippen LogP contribution in [-0.2, 0) is 28.8 Å². The molecule has 0 aromatic heterocycles. The maximum absolute atomic E-state index is 15.1. The number of hydrogen-bond acceptors (Lipinski definition) is 7. The summed E-state index contributed by atoms with van der Waals surface area (Å²) in [4.78, 5) is 87.7. The zero-order valence-corrected chi connectivity index (χ0v) is 34.1. The van der Waals surface area contributed by atoms with Gasteiger partial charge in [-0.05, 0) is 93.0 Å². The second-order valence-corrected chi connectivity index (χ2v) is 19.4. The summed E-state index contributed by atoms with van der Waals surface area (Å²) in [7, 11) is 0. The molecule has 0 aromatic carbocycles. The molecule has 4 aliphatic carbocycles. The minimum absolute atomic E-state index is 0.0164. The Labute approximate surface area is 322 Å². The Morgan fingerprint density at radius 1 is 0.815 bits per heavy atom. The first-order valence-corrected chi connectivity index (χ1v) is 21.3. The van der Waals surface area contributed by atoms with E-state index in [0.29, 0.717) is 32.4 Å². The Balaban J connectivity index is 1.25. The quantitative estimate of drug-likeness (QED) is 0.197. The summed E-state index contributed by atoms with van der Waals surface area (Å²) in [5, 5.41) is 12.0. The van der Waals surface area contributed by atoms with Gasteiger partial charge in [0.25, 0.3) is 5.91 Å². The zero-order chi connectivity index (χ0) is 39.2. The van der Waals surface area contributed by atoms with E-state index in [1.54, 1.807) is 4.90 Å². The molecule has 12 nitrogen and oxygen atoms in total. The molecule has 0 bridgehead atoms. The summed E-state index contributed by atoms with van der Waals surface area (Å²) < 4.78 is 0. The third-order valence-electron chi connectivity index (χ3n) is 14.9. The van der Waals surface area contributed by atoms with Crippen molar-refractivity contribution in [2.24, 2.45) is 33.5 Å². The normalized spacial score (nSPS) is 29.2. The fourth-order valence-electron chi connectivity index (χ4n) is 11.0. The van der Waals surface area contributed by atoms with E-state index in [-0.39, 0.29) is 51.8 Å². The van der Waals surface area contributed by atoms with Crippen molar-refractivity contribution >= 4 is 35.3 Å². The molecule has 2 heterocycles. The number of fused-ring (bicyclic) bond motifs is 1. The maximum Gasteiger partial charge on any atom is 0.289 e. The van der Waals surface area contributed by atoms with Gasteiger partial charge >= 0.3 is 0 Å². The van der Waals surface area contributed by atoms with Crippen molar-refractivity contribution in [3.63, 3.8) is 0 Å². The number of rotatable bonds is 14. The largest absolute Gasteiger partial charge is 0.347 e. The van der Waals surface area contributed by atoms with Gasteiger partial charge in [-0.1, -0.05) is 80.6 Å². The van der Waals surface area contributed by atoms with Gasteiger partial charge in [-0.2, -0.15) is 0 Å². The molecule has 54 heavy (non-hydrogen) atoms. The van der Waals surface area contributed by atoms with Crippen molar-refractivity contribution in [3.05, 3.63) is 0 Å². The van der Waals surface area contributed by atoms with E-state index in [1.165, 1.54) is 0 Å². The van der Waals surface area contributed by atoms with Crippen LogP contribution < -0.4 is 21.3 Å². The van der Waals surface area contributed by atoms with E-state index < -0.39 is 47.2 Å². The van der Waals surface area contributed by atoms with Gasteiger partial charge in [0.05, 0.1) is 12.0 Å². The van der Waals surface area contributed by atoms with Crippen molar-refractivity contribution < 1.29 is 28.8 Å². The van der Waals surface area contributed by atoms with E-state index >= 15 is 4.79 Å². The van der Waals surface area contributed by atoms with Crippen LogP contribution in [0.5, 0.6) is 0 Å². The van der Waals surface area contributed by atoms with E-state index in [1.807, 2.05) is 27.7 Å². The Morgan fingerprint density at radius 2 is 1.50 bits per heavy atom. The molecular weight excluding hydrogens is 684 g/mol. The lowest BCUT2D eigenvalue weighted by Gasteiger charge is -2.38. The highest BCUT2D eigenvalue weighted by molar-refractivity contribution is 6.38. The van der Waals surface area contributed by atoms with Gasteiger partial charge < -0.3 is 31.1 Å². The lowest BCUT2D eigenvalue weighted by molar-refractivity contribution is -0.145. The third-order valence-corrected chi connectivity index (χ3v) is 14.9. The summed E-state index contributed by atoms with van der Waals surface area (Å²) in [6.45, 7) is 17.1. The molecule has 6 fully saturated rings. The molecule has 2 aliphatic heterocycles. The SMILES string of the molecule is CCC[C@H](NC(=O)[C@@H]1C[C@@]2(CN1C(=O)[C@@H](NC(=O)C(NC(=O)[C@H]1CCN(CC)C1)C1CCCCC1)C(C)(C)C)C(C)(C)C21CCC1)C(=O)C(=O)NC1CC1. The van der Waals surface area contributed by atoms with Crippen molar-refractivity contribution in [2.75, 3.05) is 26.2 Å². The molecule has 302 valence electrons. The summed E-state index contributed by atoms with van der Waals surface area (Å²) in [6.07, 6.45) is 11.8. The highest BCUT2D eigenvalue weighted by atomic mass is 16.2. The van der Waals surface area contributed by atoms with E-state index in [2.05, 4.69) is 46.9 Å². The number of amides is 5. The van der Waals surface area contributed by atoms with Gasteiger partial charge in [-0.3, -0.25) is 28.8 Å². The third kappa shape index (κ3) is 7.46. The molecule has 5 amide bonds. The molecular formula is C42H68N6O6. The number of nitrogens with one attached hydrogen (secondary N) is 4. The number of hydrogen-bond donors (Lipinski definition) is 4. The molecule has 6 atom stereocenters. The first kappa shape index (κ1) is 40.6. The Hall–Kier alpha value is -3.02. The van der Waals surface area contributed by atoms with Crippen LogP contribution in [0.4, 0.5) is 0 Å². The lowest BCUT2D eigenvalue weighted by Crippen LogP contribution is -2.62. The minimum atomic E-state index is -0.984. The minimum Gasteiger partial charge on any atom is -0.347 e. The van der Waals surface area contributed by atoms with Crippen LogP contribution in [-0.4, -0.2) is 102 Å². The van der Waals surface area contributed by atoms with Gasteiger partial charge in [-0.25, -0.2) is 0 Å². The monoisotopic (exact) mass is 753 g/mol. The van der Waals surface area contributed by atoms with E-state index in [0.717, 1.165) is 83.7 Å². The average Bonchev–Trinajstić information content (AvgIpc) is 3.79. The Kier molecular flexibility index (Phi) is 11.7. The summed E-state index contributed by atoms with van der Waals surface area (Å²) in [5.74, 6) is -2.71. The highest BCUT2D eigenvalue weighted by Crippen LogP contribution is 2.88. The Bertz CT molecular complexity index is 1480. The lowest BCUT2D eigenvalue weighted by atomic mass is 9.73. The van der Waals surface area contributed by atoms with Crippen LogP contribution in [0.3, 0.4) is 0 Å². The van der Waals surface area contributed by atoms with Crippen LogP contribution in [0.15, 0.2) is 0 Å². The number of Topliss-reactive ketones (excluding diaryl/α,β-unsaturated/α-hetero) is 1. The first-order chi connectivity index (χ1) is 25.5. The average molecular weight is 753 g/mol. The van der Waals surface area contributed by atoms with Gasteiger partial charge in [0.1, 0.15) is 18.1 Å². The Morgan fingerprint density at radius 3 is 2.04 bits per heavy atom. The molecule has 1 unspecified atom stereocenters. The van der Waals surface area contributed by atoms with E-state index in [9.17, 15) is 24.0 Å². The number of ketones is 1. The van der Waals surface area contributed by atoms with Crippen LogP contribution >= 0.6 is 0 Å². The molecule has 6 aliphatic rings. The first-order valence-electron chi connectivity index (χ1n) is 21.3. The number of likely N-dealkylation sites (tertiary alicyclic amines) is 2. The fraction of sp³-hybridized carbons (Fsp3) is 0.857.